The first kappa shape index (κ1) is 16.6. The summed E-state index contributed by atoms with van der Waals surface area (Å²) in [6.45, 7) is 4.93. The topological polar surface area (TPSA) is 49.9 Å². The van der Waals surface area contributed by atoms with Crippen LogP contribution in [0.2, 0.25) is 0 Å². The van der Waals surface area contributed by atoms with Gasteiger partial charge >= 0.3 is 5.97 Å². The molecule has 0 N–H and O–H groups in total. The van der Waals surface area contributed by atoms with E-state index >= 15 is 0 Å². The molecule has 5 nitrogen and oxygen atoms in total. The van der Waals surface area contributed by atoms with E-state index in [1.165, 1.54) is 11.3 Å². The standard InChI is InChI=1S/C21H22N2O3/c1-15-5-4-7-17(13-15)22-9-11-23(12-10-22)20(24)19-14-16-6-2-3-8-18(16)21(25)26-19/h2-8,13,19H,9-12,14H2,1H3/t19-/m1/s1. The van der Waals surface area contributed by atoms with Gasteiger partial charge in [-0.05, 0) is 36.2 Å². The number of nitrogens with zero attached hydrogens (tertiary/aromatic N) is 2. The molecule has 0 aromatic heterocycles. The van der Waals surface area contributed by atoms with E-state index in [0.29, 0.717) is 25.1 Å². The summed E-state index contributed by atoms with van der Waals surface area (Å²) < 4.78 is 5.41. The number of carbonyl (C=O) groups excluding carboxylic acids is 2. The van der Waals surface area contributed by atoms with Crippen molar-refractivity contribution in [3.63, 3.8) is 0 Å². The van der Waals surface area contributed by atoms with Crippen molar-refractivity contribution in [1.82, 2.24) is 4.90 Å². The second kappa shape index (κ2) is 6.83. The van der Waals surface area contributed by atoms with Crippen molar-refractivity contribution in [1.29, 1.82) is 0 Å². The van der Waals surface area contributed by atoms with Gasteiger partial charge in [-0.1, -0.05) is 30.3 Å². The highest BCUT2D eigenvalue weighted by atomic mass is 16.5. The highest BCUT2D eigenvalue weighted by molar-refractivity contribution is 5.95. The van der Waals surface area contributed by atoms with Crippen LogP contribution in [0.4, 0.5) is 5.69 Å². The number of fused-ring (bicyclic) bond motifs is 1. The number of rotatable bonds is 2. The van der Waals surface area contributed by atoms with Crippen LogP contribution in [0.5, 0.6) is 0 Å². The molecule has 0 spiro atoms. The molecule has 2 aromatic carbocycles. The fourth-order valence-electron chi connectivity index (χ4n) is 3.68. The predicted octanol–water partition coefficient (Wildman–Crippen LogP) is 2.43. The molecule has 4 rings (SSSR count). The molecular formula is C21H22N2O3. The van der Waals surface area contributed by atoms with Crippen molar-refractivity contribution < 1.29 is 14.3 Å². The molecule has 1 saturated heterocycles. The normalized spacial score (nSPS) is 19.7. The molecule has 0 radical (unpaired) electrons. The van der Waals surface area contributed by atoms with Gasteiger partial charge in [0.15, 0.2) is 6.10 Å². The zero-order valence-electron chi connectivity index (χ0n) is 14.9. The number of carbonyl (C=O) groups is 2. The molecule has 2 aromatic rings. The van der Waals surface area contributed by atoms with Crippen molar-refractivity contribution in [2.75, 3.05) is 31.1 Å². The van der Waals surface area contributed by atoms with Crippen LogP contribution >= 0.6 is 0 Å². The number of hydrogen-bond acceptors (Lipinski definition) is 4. The zero-order valence-corrected chi connectivity index (χ0v) is 14.9. The van der Waals surface area contributed by atoms with E-state index in [1.807, 2.05) is 23.1 Å². The minimum absolute atomic E-state index is 0.0863. The predicted molar refractivity (Wildman–Crippen MR) is 99.3 cm³/mol. The quantitative estimate of drug-likeness (QED) is 0.781. The van der Waals surface area contributed by atoms with Crippen LogP contribution in [0, 0.1) is 6.92 Å². The van der Waals surface area contributed by atoms with Crippen molar-refractivity contribution in [3.05, 3.63) is 65.2 Å². The van der Waals surface area contributed by atoms with Gasteiger partial charge in [0.05, 0.1) is 5.56 Å². The number of ether oxygens (including phenoxy) is 1. The Morgan fingerprint density at radius 1 is 1.04 bits per heavy atom. The molecule has 1 fully saturated rings. The van der Waals surface area contributed by atoms with Gasteiger partial charge < -0.3 is 14.5 Å². The van der Waals surface area contributed by atoms with E-state index in [0.717, 1.165) is 18.7 Å². The maximum absolute atomic E-state index is 12.8. The maximum Gasteiger partial charge on any atom is 0.339 e. The first-order valence-electron chi connectivity index (χ1n) is 9.01. The minimum Gasteiger partial charge on any atom is -0.448 e. The monoisotopic (exact) mass is 350 g/mol. The third kappa shape index (κ3) is 3.17. The van der Waals surface area contributed by atoms with Crippen LogP contribution in [0.1, 0.15) is 21.5 Å². The van der Waals surface area contributed by atoms with Crippen LogP contribution in [0.15, 0.2) is 48.5 Å². The summed E-state index contributed by atoms with van der Waals surface area (Å²) >= 11 is 0. The van der Waals surface area contributed by atoms with Crippen LogP contribution < -0.4 is 4.90 Å². The molecule has 26 heavy (non-hydrogen) atoms. The summed E-state index contributed by atoms with van der Waals surface area (Å²) in [5.41, 5.74) is 3.88. The van der Waals surface area contributed by atoms with Gasteiger partial charge in [-0.25, -0.2) is 4.79 Å². The van der Waals surface area contributed by atoms with Gasteiger partial charge in [0.1, 0.15) is 0 Å². The second-order valence-corrected chi connectivity index (χ2v) is 6.91. The Kier molecular flexibility index (Phi) is 4.37. The van der Waals surface area contributed by atoms with Gasteiger partial charge in [-0.15, -0.1) is 0 Å². The Morgan fingerprint density at radius 2 is 1.81 bits per heavy atom. The summed E-state index contributed by atoms with van der Waals surface area (Å²) in [5.74, 6) is -0.486. The van der Waals surface area contributed by atoms with E-state index in [1.54, 1.807) is 6.07 Å². The van der Waals surface area contributed by atoms with Gasteiger partial charge in [0, 0.05) is 38.3 Å². The van der Waals surface area contributed by atoms with Crippen LogP contribution in [0.3, 0.4) is 0 Å². The molecule has 5 heteroatoms. The van der Waals surface area contributed by atoms with Crippen molar-refractivity contribution in [2.24, 2.45) is 0 Å². The molecule has 1 amide bonds. The lowest BCUT2D eigenvalue weighted by atomic mass is 9.98. The number of benzene rings is 2. The van der Waals surface area contributed by atoms with Crippen molar-refractivity contribution >= 4 is 17.6 Å². The fraction of sp³-hybridized carbons (Fsp3) is 0.333. The Morgan fingerprint density at radius 3 is 2.58 bits per heavy atom. The largest absolute Gasteiger partial charge is 0.448 e. The Bertz CT molecular complexity index is 841. The molecule has 0 aliphatic carbocycles. The molecule has 0 unspecified atom stereocenters. The van der Waals surface area contributed by atoms with E-state index in [-0.39, 0.29) is 5.91 Å². The van der Waals surface area contributed by atoms with E-state index in [9.17, 15) is 9.59 Å². The average Bonchev–Trinajstić information content (AvgIpc) is 2.67. The Balaban J connectivity index is 1.41. The van der Waals surface area contributed by atoms with Crippen molar-refractivity contribution in [2.45, 2.75) is 19.4 Å². The maximum atomic E-state index is 12.8. The number of hydrogen-bond donors (Lipinski definition) is 0. The first-order chi connectivity index (χ1) is 12.6. The Labute approximate surface area is 153 Å². The Hall–Kier alpha value is -2.82. The smallest absolute Gasteiger partial charge is 0.339 e. The fourth-order valence-corrected chi connectivity index (χ4v) is 3.68. The summed E-state index contributed by atoms with van der Waals surface area (Å²) in [4.78, 5) is 29.1. The lowest BCUT2D eigenvalue weighted by Gasteiger charge is -2.38. The van der Waals surface area contributed by atoms with Gasteiger partial charge in [0.25, 0.3) is 5.91 Å². The molecule has 0 saturated carbocycles. The van der Waals surface area contributed by atoms with Gasteiger partial charge in [-0.3, -0.25) is 4.79 Å². The molecular weight excluding hydrogens is 328 g/mol. The van der Waals surface area contributed by atoms with Crippen LogP contribution in [0.25, 0.3) is 0 Å². The third-order valence-corrected chi connectivity index (χ3v) is 5.13. The molecule has 2 heterocycles. The summed E-state index contributed by atoms with van der Waals surface area (Å²) in [7, 11) is 0. The number of amides is 1. The van der Waals surface area contributed by atoms with Gasteiger partial charge in [0.2, 0.25) is 0 Å². The summed E-state index contributed by atoms with van der Waals surface area (Å²) in [5, 5.41) is 0. The third-order valence-electron chi connectivity index (χ3n) is 5.13. The molecule has 0 bridgehead atoms. The SMILES string of the molecule is Cc1cccc(N2CCN(C(=O)[C@H]3Cc4ccccc4C(=O)O3)CC2)c1. The number of aryl methyl sites for hydroxylation is 1. The number of esters is 1. The molecule has 2 aliphatic heterocycles. The summed E-state index contributed by atoms with van der Waals surface area (Å²) in [6, 6.07) is 15.7. The van der Waals surface area contributed by atoms with Crippen LogP contribution in [-0.4, -0.2) is 49.1 Å². The molecule has 1 atom stereocenters. The average molecular weight is 350 g/mol. The van der Waals surface area contributed by atoms with E-state index in [4.69, 9.17) is 4.74 Å². The summed E-state index contributed by atoms with van der Waals surface area (Å²) in [6.07, 6.45) is -0.248. The lowest BCUT2D eigenvalue weighted by Crippen LogP contribution is -2.53. The lowest BCUT2D eigenvalue weighted by molar-refractivity contribution is -0.141. The van der Waals surface area contributed by atoms with Crippen molar-refractivity contribution in [3.8, 4) is 0 Å². The number of cyclic esters (lactones) is 1. The zero-order chi connectivity index (χ0) is 18.1. The van der Waals surface area contributed by atoms with Crippen LogP contribution in [-0.2, 0) is 16.0 Å². The highest BCUT2D eigenvalue weighted by Crippen LogP contribution is 2.23. The molecule has 2 aliphatic rings. The number of anilines is 1. The first-order valence-corrected chi connectivity index (χ1v) is 9.01. The van der Waals surface area contributed by atoms with E-state index in [2.05, 4.69) is 36.1 Å². The van der Waals surface area contributed by atoms with E-state index < -0.39 is 12.1 Å². The van der Waals surface area contributed by atoms with Gasteiger partial charge in [-0.2, -0.15) is 0 Å². The minimum atomic E-state index is -0.706. The molecule has 134 valence electrons. The highest BCUT2D eigenvalue weighted by Gasteiger charge is 2.34. The second-order valence-electron chi connectivity index (χ2n) is 6.91. The number of piperazine rings is 1.